The Hall–Kier alpha value is -1.47. The Balaban J connectivity index is 2.16. The summed E-state index contributed by atoms with van der Waals surface area (Å²) in [5.41, 5.74) is 2.80. The van der Waals surface area contributed by atoms with E-state index in [0.29, 0.717) is 10.8 Å². The van der Waals surface area contributed by atoms with Crippen LogP contribution in [0.4, 0.5) is 0 Å². The molecule has 2 aromatic rings. The van der Waals surface area contributed by atoms with Gasteiger partial charge in [-0.1, -0.05) is 0 Å². The summed E-state index contributed by atoms with van der Waals surface area (Å²) in [6.45, 7) is 3.09. The molecular weight excluding hydrogens is 242 g/mol. The fourth-order valence-electron chi connectivity index (χ4n) is 2.58. The molecule has 1 aromatic carbocycles. The molecule has 1 atom stereocenters. The number of aryl methyl sites for hydroxylation is 1. The van der Waals surface area contributed by atoms with Crippen LogP contribution in [0.25, 0.3) is 11.0 Å². The van der Waals surface area contributed by atoms with Crippen molar-refractivity contribution in [1.82, 2.24) is 9.55 Å². The SMILES string of the molecule is CCn1c(C2CCCS2)nc2cc(C#N)ccc21. The van der Waals surface area contributed by atoms with Gasteiger partial charge in [-0.05, 0) is 43.7 Å². The fourth-order valence-corrected chi connectivity index (χ4v) is 3.86. The topological polar surface area (TPSA) is 41.6 Å². The van der Waals surface area contributed by atoms with Gasteiger partial charge in [0.25, 0.3) is 0 Å². The zero-order valence-corrected chi connectivity index (χ0v) is 11.2. The number of thioether (sulfide) groups is 1. The van der Waals surface area contributed by atoms with E-state index in [9.17, 15) is 0 Å². The molecule has 2 heterocycles. The molecule has 0 saturated carbocycles. The number of hydrogen-bond donors (Lipinski definition) is 0. The van der Waals surface area contributed by atoms with Crippen LogP contribution in [0.5, 0.6) is 0 Å². The highest BCUT2D eigenvalue weighted by Crippen LogP contribution is 2.40. The second kappa shape index (κ2) is 4.66. The first-order chi connectivity index (χ1) is 8.83. The highest BCUT2D eigenvalue weighted by atomic mass is 32.2. The molecule has 3 nitrogen and oxygen atoms in total. The minimum atomic E-state index is 0.530. The summed E-state index contributed by atoms with van der Waals surface area (Å²) in [6.07, 6.45) is 2.50. The Kier molecular flexibility index (Phi) is 3.00. The van der Waals surface area contributed by atoms with E-state index < -0.39 is 0 Å². The van der Waals surface area contributed by atoms with Crippen molar-refractivity contribution in [2.24, 2.45) is 0 Å². The lowest BCUT2D eigenvalue weighted by atomic mass is 10.2. The second-order valence-electron chi connectivity index (χ2n) is 4.53. The molecule has 18 heavy (non-hydrogen) atoms. The molecule has 0 bridgehead atoms. The van der Waals surface area contributed by atoms with Gasteiger partial charge in [-0.15, -0.1) is 0 Å². The van der Waals surface area contributed by atoms with Crippen molar-refractivity contribution in [2.45, 2.75) is 31.6 Å². The zero-order valence-electron chi connectivity index (χ0n) is 10.4. The monoisotopic (exact) mass is 257 g/mol. The largest absolute Gasteiger partial charge is 0.327 e. The number of nitriles is 1. The molecule has 92 valence electrons. The van der Waals surface area contributed by atoms with Crippen molar-refractivity contribution < 1.29 is 0 Å². The van der Waals surface area contributed by atoms with Crippen LogP contribution in [0, 0.1) is 11.3 Å². The maximum Gasteiger partial charge on any atom is 0.123 e. The van der Waals surface area contributed by atoms with Crippen molar-refractivity contribution in [1.29, 1.82) is 5.26 Å². The second-order valence-corrected chi connectivity index (χ2v) is 5.84. The third-order valence-corrected chi connectivity index (χ3v) is 4.81. The van der Waals surface area contributed by atoms with Crippen LogP contribution >= 0.6 is 11.8 Å². The lowest BCUT2D eigenvalue weighted by Crippen LogP contribution is -2.03. The lowest BCUT2D eigenvalue weighted by Gasteiger charge is -2.10. The first kappa shape index (κ1) is 11.6. The Bertz CT molecular complexity index is 618. The maximum atomic E-state index is 8.95. The number of rotatable bonds is 2. The number of hydrogen-bond acceptors (Lipinski definition) is 3. The standard InChI is InChI=1S/C14H15N3S/c1-2-17-12-6-5-10(9-15)8-11(12)16-14(17)13-4-3-7-18-13/h5-6,8,13H,2-4,7H2,1H3. The first-order valence-corrected chi connectivity index (χ1v) is 7.40. The molecule has 0 aliphatic carbocycles. The maximum absolute atomic E-state index is 8.95. The Morgan fingerprint density at radius 1 is 1.56 bits per heavy atom. The lowest BCUT2D eigenvalue weighted by molar-refractivity contribution is 0.683. The zero-order chi connectivity index (χ0) is 12.5. The number of aromatic nitrogens is 2. The van der Waals surface area contributed by atoms with Crippen LogP contribution in [0.1, 0.15) is 36.4 Å². The van der Waals surface area contributed by atoms with E-state index >= 15 is 0 Å². The molecule has 0 N–H and O–H groups in total. The van der Waals surface area contributed by atoms with E-state index in [1.54, 1.807) is 0 Å². The van der Waals surface area contributed by atoms with E-state index in [0.717, 1.165) is 17.6 Å². The van der Waals surface area contributed by atoms with E-state index in [-0.39, 0.29) is 0 Å². The third kappa shape index (κ3) is 1.79. The number of nitrogens with zero attached hydrogens (tertiary/aromatic N) is 3. The van der Waals surface area contributed by atoms with Crippen LogP contribution in [-0.2, 0) is 6.54 Å². The number of benzene rings is 1. The average molecular weight is 257 g/mol. The van der Waals surface area contributed by atoms with Gasteiger partial charge in [0.15, 0.2) is 0 Å². The van der Waals surface area contributed by atoms with Gasteiger partial charge >= 0.3 is 0 Å². The van der Waals surface area contributed by atoms with Gasteiger partial charge in [0.2, 0.25) is 0 Å². The Morgan fingerprint density at radius 2 is 2.44 bits per heavy atom. The summed E-state index contributed by atoms with van der Waals surface area (Å²) >= 11 is 2.00. The molecule has 1 saturated heterocycles. The molecule has 1 unspecified atom stereocenters. The van der Waals surface area contributed by atoms with Gasteiger partial charge in [0, 0.05) is 6.54 Å². The van der Waals surface area contributed by atoms with Crippen LogP contribution < -0.4 is 0 Å². The minimum Gasteiger partial charge on any atom is -0.327 e. The molecule has 1 aliphatic heterocycles. The van der Waals surface area contributed by atoms with E-state index in [1.807, 2.05) is 30.0 Å². The van der Waals surface area contributed by atoms with Crippen LogP contribution in [0.3, 0.4) is 0 Å². The minimum absolute atomic E-state index is 0.530. The van der Waals surface area contributed by atoms with Crippen molar-refractivity contribution in [2.75, 3.05) is 5.75 Å². The summed E-state index contributed by atoms with van der Waals surface area (Å²) in [5, 5.41) is 9.48. The molecule has 1 aromatic heterocycles. The summed E-state index contributed by atoms with van der Waals surface area (Å²) in [4.78, 5) is 4.77. The van der Waals surface area contributed by atoms with E-state index in [1.165, 1.54) is 24.4 Å². The normalized spacial score (nSPS) is 19.2. The molecular formula is C14H15N3S. The van der Waals surface area contributed by atoms with Crippen molar-refractivity contribution in [3.8, 4) is 6.07 Å². The quantitative estimate of drug-likeness (QED) is 0.827. The number of imidazole rings is 1. The highest BCUT2D eigenvalue weighted by molar-refractivity contribution is 7.99. The Labute approximate surface area is 111 Å². The Morgan fingerprint density at radius 3 is 3.11 bits per heavy atom. The van der Waals surface area contributed by atoms with Crippen LogP contribution in [0.2, 0.25) is 0 Å². The molecule has 3 rings (SSSR count). The van der Waals surface area contributed by atoms with Crippen molar-refractivity contribution in [3.63, 3.8) is 0 Å². The number of fused-ring (bicyclic) bond motifs is 1. The van der Waals surface area contributed by atoms with Gasteiger partial charge in [0.1, 0.15) is 5.82 Å². The predicted octanol–water partition coefficient (Wildman–Crippen LogP) is 3.50. The summed E-state index contributed by atoms with van der Waals surface area (Å²) < 4.78 is 2.29. The molecule has 1 fully saturated rings. The van der Waals surface area contributed by atoms with Gasteiger partial charge < -0.3 is 4.57 Å². The van der Waals surface area contributed by atoms with Crippen LogP contribution in [0.15, 0.2) is 18.2 Å². The van der Waals surface area contributed by atoms with E-state index in [4.69, 9.17) is 10.2 Å². The van der Waals surface area contributed by atoms with Crippen molar-refractivity contribution in [3.05, 3.63) is 29.6 Å². The smallest absolute Gasteiger partial charge is 0.123 e. The van der Waals surface area contributed by atoms with E-state index in [2.05, 4.69) is 17.6 Å². The first-order valence-electron chi connectivity index (χ1n) is 6.35. The summed E-state index contributed by atoms with van der Waals surface area (Å²) in [7, 11) is 0. The van der Waals surface area contributed by atoms with Gasteiger partial charge in [-0.2, -0.15) is 17.0 Å². The molecule has 1 aliphatic rings. The molecule has 0 radical (unpaired) electrons. The average Bonchev–Trinajstić information content (AvgIpc) is 3.04. The van der Waals surface area contributed by atoms with Crippen molar-refractivity contribution >= 4 is 22.8 Å². The fraction of sp³-hybridized carbons (Fsp3) is 0.429. The third-order valence-electron chi connectivity index (χ3n) is 3.44. The van der Waals surface area contributed by atoms with Crippen LogP contribution in [-0.4, -0.2) is 15.3 Å². The highest BCUT2D eigenvalue weighted by Gasteiger charge is 2.23. The summed E-state index contributed by atoms with van der Waals surface area (Å²) in [5.74, 6) is 2.42. The molecule has 4 heteroatoms. The molecule has 0 spiro atoms. The van der Waals surface area contributed by atoms with Gasteiger partial charge in [-0.25, -0.2) is 4.98 Å². The van der Waals surface area contributed by atoms with Gasteiger partial charge in [0.05, 0.1) is 27.9 Å². The summed E-state index contributed by atoms with van der Waals surface area (Å²) in [6, 6.07) is 7.97. The van der Waals surface area contributed by atoms with Gasteiger partial charge in [-0.3, -0.25) is 0 Å². The molecule has 0 amide bonds. The predicted molar refractivity (Wildman–Crippen MR) is 74.6 cm³/mol.